The zero-order valence-electron chi connectivity index (χ0n) is 24.8. The predicted octanol–water partition coefficient (Wildman–Crippen LogP) is 6.48. The Morgan fingerprint density at radius 3 is 2.55 bits per heavy atom. The van der Waals surface area contributed by atoms with Gasteiger partial charge in [0.2, 0.25) is 5.88 Å². The van der Waals surface area contributed by atoms with Gasteiger partial charge in [-0.3, -0.25) is 4.79 Å². The van der Waals surface area contributed by atoms with Gasteiger partial charge in [-0.15, -0.1) is 0 Å². The van der Waals surface area contributed by atoms with Gasteiger partial charge < -0.3 is 19.9 Å². The van der Waals surface area contributed by atoms with Crippen LogP contribution < -0.4 is 10.1 Å². The van der Waals surface area contributed by atoms with Gasteiger partial charge in [-0.1, -0.05) is 6.07 Å². The van der Waals surface area contributed by atoms with Crippen molar-refractivity contribution in [1.29, 1.82) is 0 Å². The van der Waals surface area contributed by atoms with Gasteiger partial charge in [-0.2, -0.15) is 13.2 Å². The van der Waals surface area contributed by atoms with Gasteiger partial charge in [-0.05, 0) is 93.5 Å². The van der Waals surface area contributed by atoms with E-state index in [1.807, 2.05) is 25.1 Å². The molecule has 1 fully saturated rings. The first-order valence-corrected chi connectivity index (χ1v) is 14.6. The first kappa shape index (κ1) is 31.1. The first-order chi connectivity index (χ1) is 21.2. The summed E-state index contributed by atoms with van der Waals surface area (Å²) >= 11 is 0. The zero-order valence-corrected chi connectivity index (χ0v) is 24.8. The number of benzene rings is 2. The highest BCUT2D eigenvalue weighted by Gasteiger charge is 2.31. The van der Waals surface area contributed by atoms with Crippen LogP contribution >= 0.6 is 0 Å². The number of hydrogen-bond acceptors (Lipinski definition) is 7. The van der Waals surface area contributed by atoms with Crippen molar-refractivity contribution in [2.75, 3.05) is 45.1 Å². The highest BCUT2D eigenvalue weighted by Crippen LogP contribution is 2.33. The van der Waals surface area contributed by atoms with Gasteiger partial charge >= 0.3 is 6.18 Å². The van der Waals surface area contributed by atoms with Gasteiger partial charge in [0.05, 0.1) is 16.8 Å². The van der Waals surface area contributed by atoms with Crippen LogP contribution in [0.3, 0.4) is 0 Å². The molecule has 0 atom stereocenters. The van der Waals surface area contributed by atoms with E-state index in [9.17, 15) is 18.0 Å². The number of aromatic nitrogens is 3. The number of halogens is 3. The molecular formula is C33H35F3N6O2. The molecule has 0 radical (unpaired) electrons. The summed E-state index contributed by atoms with van der Waals surface area (Å²) in [6, 6.07) is 14.8. The molecule has 1 amide bonds. The number of rotatable bonds is 10. The number of piperazine rings is 1. The van der Waals surface area contributed by atoms with E-state index in [0.29, 0.717) is 28.6 Å². The standard InChI is InChI=1S/C33H35F3N6O2/c1-23-21-26(39-31(43)24-7-5-8-25(22-24)33(34,35)36)11-12-29(23)44-32-27(9-6-14-38-32)28-13-15-37-30(40-28)10-3-4-16-42-19-17-41(2)18-20-42/h5-9,11-15,21-22H,3-4,10,16-20H2,1-2H3,(H,39,43). The van der Waals surface area contributed by atoms with Crippen molar-refractivity contribution in [2.24, 2.45) is 0 Å². The minimum Gasteiger partial charge on any atom is -0.438 e. The fourth-order valence-corrected chi connectivity index (χ4v) is 5.01. The Hall–Kier alpha value is -4.35. The number of hydrogen-bond donors (Lipinski definition) is 1. The molecule has 0 aliphatic carbocycles. The SMILES string of the molecule is Cc1cc(NC(=O)c2cccc(C(F)(F)F)c2)ccc1Oc1ncccc1-c1ccnc(CCCCN2CCN(C)CC2)n1. The number of anilines is 1. The minimum atomic E-state index is -4.53. The van der Waals surface area contributed by atoms with E-state index in [-0.39, 0.29) is 5.56 Å². The number of likely N-dealkylation sites (N-methyl/N-ethyl adjacent to an activating group) is 1. The summed E-state index contributed by atoms with van der Waals surface area (Å²) in [7, 11) is 2.16. The summed E-state index contributed by atoms with van der Waals surface area (Å²) in [6.07, 6.45) is 1.73. The van der Waals surface area contributed by atoms with Crippen molar-refractivity contribution in [3.63, 3.8) is 0 Å². The van der Waals surface area contributed by atoms with Crippen LogP contribution in [-0.2, 0) is 12.6 Å². The number of nitrogens with one attached hydrogen (secondary N) is 1. The number of unbranched alkanes of at least 4 members (excludes halogenated alkanes) is 1. The maximum Gasteiger partial charge on any atom is 0.416 e. The Morgan fingerprint density at radius 2 is 1.77 bits per heavy atom. The largest absolute Gasteiger partial charge is 0.438 e. The van der Waals surface area contributed by atoms with Crippen LogP contribution in [0.1, 0.15) is 40.2 Å². The van der Waals surface area contributed by atoms with Crippen LogP contribution in [0, 0.1) is 6.92 Å². The number of nitrogens with zero attached hydrogens (tertiary/aromatic N) is 5. The van der Waals surface area contributed by atoms with Crippen LogP contribution in [-0.4, -0.2) is 70.4 Å². The lowest BCUT2D eigenvalue weighted by Gasteiger charge is -2.32. The lowest BCUT2D eigenvalue weighted by atomic mass is 10.1. The highest BCUT2D eigenvalue weighted by atomic mass is 19.4. The molecule has 11 heteroatoms. The first-order valence-electron chi connectivity index (χ1n) is 14.6. The van der Waals surface area contributed by atoms with E-state index in [1.165, 1.54) is 12.1 Å². The van der Waals surface area contributed by atoms with Gasteiger partial charge in [0.15, 0.2) is 0 Å². The molecule has 8 nitrogen and oxygen atoms in total. The molecule has 0 saturated carbocycles. The van der Waals surface area contributed by atoms with Crippen molar-refractivity contribution >= 4 is 11.6 Å². The van der Waals surface area contributed by atoms with Crippen molar-refractivity contribution in [2.45, 2.75) is 32.4 Å². The summed E-state index contributed by atoms with van der Waals surface area (Å²) in [5.74, 6) is 1.01. The monoisotopic (exact) mass is 604 g/mol. The number of carbonyl (C=O) groups excluding carboxylic acids is 1. The normalized spacial score (nSPS) is 14.4. The van der Waals surface area contributed by atoms with E-state index in [1.54, 1.807) is 30.6 Å². The molecule has 1 aliphatic rings. The Bertz CT molecular complexity index is 1590. The molecule has 2 aromatic heterocycles. The fraction of sp³-hybridized carbons (Fsp3) is 0.333. The topological polar surface area (TPSA) is 83.5 Å². The molecule has 0 unspecified atom stereocenters. The van der Waals surface area contributed by atoms with Gasteiger partial charge in [0.1, 0.15) is 11.6 Å². The van der Waals surface area contributed by atoms with Crippen molar-refractivity contribution in [3.05, 3.63) is 95.6 Å². The van der Waals surface area contributed by atoms with Gasteiger partial charge in [0.25, 0.3) is 5.91 Å². The summed E-state index contributed by atoms with van der Waals surface area (Å²) in [6.45, 7) is 7.35. The third-order valence-corrected chi connectivity index (χ3v) is 7.56. The highest BCUT2D eigenvalue weighted by molar-refractivity contribution is 6.04. The third-order valence-electron chi connectivity index (χ3n) is 7.56. The molecule has 44 heavy (non-hydrogen) atoms. The minimum absolute atomic E-state index is 0.0878. The number of aryl methyl sites for hydroxylation is 2. The van der Waals surface area contributed by atoms with E-state index >= 15 is 0 Å². The van der Waals surface area contributed by atoms with E-state index in [2.05, 4.69) is 32.1 Å². The Kier molecular flexibility index (Phi) is 9.86. The van der Waals surface area contributed by atoms with E-state index < -0.39 is 17.6 Å². The second-order valence-corrected chi connectivity index (χ2v) is 10.9. The molecule has 1 saturated heterocycles. The average Bonchev–Trinajstić information content (AvgIpc) is 3.01. The van der Waals surface area contributed by atoms with Crippen molar-refractivity contribution in [3.8, 4) is 22.9 Å². The molecule has 2 aromatic carbocycles. The van der Waals surface area contributed by atoms with Crippen LogP contribution in [0.25, 0.3) is 11.3 Å². The Labute approximate surface area is 254 Å². The zero-order chi connectivity index (χ0) is 31.1. The van der Waals surface area contributed by atoms with Crippen molar-refractivity contribution < 1.29 is 22.7 Å². The second-order valence-electron chi connectivity index (χ2n) is 10.9. The van der Waals surface area contributed by atoms with Crippen LogP contribution in [0.2, 0.25) is 0 Å². The maximum absolute atomic E-state index is 13.1. The van der Waals surface area contributed by atoms with E-state index in [0.717, 1.165) is 75.5 Å². The molecule has 230 valence electrons. The maximum atomic E-state index is 13.1. The lowest BCUT2D eigenvalue weighted by Crippen LogP contribution is -2.44. The smallest absolute Gasteiger partial charge is 0.416 e. The van der Waals surface area contributed by atoms with E-state index in [4.69, 9.17) is 9.72 Å². The quantitative estimate of drug-likeness (QED) is 0.208. The predicted molar refractivity (Wildman–Crippen MR) is 163 cm³/mol. The Balaban J connectivity index is 1.22. The molecule has 0 spiro atoms. The number of ether oxygens (including phenoxy) is 1. The molecular weight excluding hydrogens is 569 g/mol. The number of carbonyl (C=O) groups is 1. The van der Waals surface area contributed by atoms with Crippen LogP contribution in [0.5, 0.6) is 11.6 Å². The average molecular weight is 605 g/mol. The van der Waals surface area contributed by atoms with Gasteiger partial charge in [-0.25, -0.2) is 15.0 Å². The summed E-state index contributed by atoms with van der Waals surface area (Å²) in [4.78, 5) is 31.2. The number of amides is 1. The molecule has 5 rings (SSSR count). The third kappa shape index (κ3) is 8.18. The molecule has 4 aromatic rings. The number of alkyl halides is 3. The number of pyridine rings is 1. The summed E-state index contributed by atoms with van der Waals surface area (Å²) < 4.78 is 45.4. The lowest BCUT2D eigenvalue weighted by molar-refractivity contribution is -0.137. The fourth-order valence-electron chi connectivity index (χ4n) is 5.01. The molecule has 3 heterocycles. The molecule has 1 N–H and O–H groups in total. The summed E-state index contributed by atoms with van der Waals surface area (Å²) in [5, 5.41) is 2.65. The Morgan fingerprint density at radius 1 is 0.955 bits per heavy atom. The summed E-state index contributed by atoms with van der Waals surface area (Å²) in [5.41, 5.74) is 1.58. The molecule has 1 aliphatic heterocycles. The van der Waals surface area contributed by atoms with Gasteiger partial charge in [0, 0.05) is 56.2 Å². The second kappa shape index (κ2) is 14.0. The molecule has 0 bridgehead atoms. The van der Waals surface area contributed by atoms with Crippen LogP contribution in [0.15, 0.2) is 73.1 Å². The van der Waals surface area contributed by atoms with Crippen LogP contribution in [0.4, 0.5) is 18.9 Å². The van der Waals surface area contributed by atoms with Crippen molar-refractivity contribution in [1.82, 2.24) is 24.8 Å².